The van der Waals surface area contributed by atoms with Gasteiger partial charge >= 0.3 is 196 Å². The molecule has 4 nitrogen and oxygen atoms in total. The standard InChI is InChI=1S/C21H27N2.2C10H12O.CH3.4ClH.2Ru/c1-14-9-16(3)20(17(4)10-14)22-7-8-23(13-22)21-18(5)11-15(2)12-19(21)6;2*1-8(2)11-10-7-5-4-6-9(10)3;;;;;;;/h9-13H,7-8H2,1-6H3;2*3-8H,1-2H3;1H3;4*1H;;/q-1;;;-1;;;;;2*+2/p-4. The third-order valence-corrected chi connectivity index (χ3v) is 11.3. The molecule has 0 saturated carbocycles. The SMILES string of the molecule is CC(C)Oc1ccccc1[CH]=[Ru]([Cl])[Cl].CC(C)Oc1ccccc1[CH]=[Ru]([Cl])[Cl].Cc1cc(C)c(N2[CH-]N(c3c(C)cc(C)cc3C)CC2)c(C)c1.[CH3-]. The van der Waals surface area contributed by atoms with Crippen molar-refractivity contribution in [1.82, 2.24) is 0 Å². The number of hydrogen-bond acceptors (Lipinski definition) is 4. The van der Waals surface area contributed by atoms with Crippen molar-refractivity contribution in [1.29, 1.82) is 0 Å². The third-order valence-electron chi connectivity index (χ3n) is 7.64. The topological polar surface area (TPSA) is 24.9 Å². The normalized spacial score (nSPS) is 12.6. The number of rotatable bonds is 8. The molecule has 5 rings (SSSR count). The van der Waals surface area contributed by atoms with Gasteiger partial charge in [0.15, 0.2) is 0 Å². The maximum absolute atomic E-state index is 5.82. The van der Waals surface area contributed by atoms with Crippen LogP contribution in [0.2, 0.25) is 0 Å². The van der Waals surface area contributed by atoms with Gasteiger partial charge in [-0.3, -0.25) is 0 Å². The smallest absolute Gasteiger partial charge is 0.0146 e. The van der Waals surface area contributed by atoms with Crippen LogP contribution in [0.25, 0.3) is 0 Å². The van der Waals surface area contributed by atoms with Gasteiger partial charge in [-0.1, -0.05) is 35.4 Å². The van der Waals surface area contributed by atoms with Gasteiger partial charge < -0.3 is 17.2 Å². The van der Waals surface area contributed by atoms with Crippen LogP contribution in [-0.4, -0.2) is 34.5 Å². The van der Waals surface area contributed by atoms with Crippen molar-refractivity contribution in [3.8, 4) is 11.5 Å². The number of para-hydroxylation sites is 2. The molecule has 0 amide bonds. The van der Waals surface area contributed by atoms with Crippen molar-refractivity contribution < 1.29 is 36.5 Å². The van der Waals surface area contributed by atoms with Crippen LogP contribution in [0.1, 0.15) is 72.2 Å². The molecule has 4 aromatic rings. The number of benzene rings is 4. The molecule has 1 fully saturated rings. The average Bonchev–Trinajstić information content (AvgIpc) is 3.47. The largest absolute Gasteiger partial charge is 0.502 e. The van der Waals surface area contributed by atoms with Crippen molar-refractivity contribution in [2.24, 2.45) is 0 Å². The first-order valence-corrected chi connectivity index (χ1v) is 27.7. The number of aryl methyl sites for hydroxylation is 6. The Morgan fingerprint density at radius 1 is 0.577 bits per heavy atom. The van der Waals surface area contributed by atoms with Gasteiger partial charge in [0.2, 0.25) is 0 Å². The molecule has 0 bridgehead atoms. The van der Waals surface area contributed by atoms with E-state index in [0.717, 1.165) is 35.7 Å². The van der Waals surface area contributed by atoms with E-state index in [1.54, 1.807) is 0 Å². The molecule has 0 aromatic heterocycles. The van der Waals surface area contributed by atoms with Crippen LogP contribution in [0.15, 0.2) is 72.8 Å². The minimum atomic E-state index is -1.77. The molecule has 0 radical (unpaired) electrons. The van der Waals surface area contributed by atoms with Gasteiger partial charge in [-0.2, -0.15) is 6.67 Å². The van der Waals surface area contributed by atoms with E-state index < -0.39 is 27.0 Å². The van der Waals surface area contributed by atoms with E-state index in [9.17, 15) is 0 Å². The summed E-state index contributed by atoms with van der Waals surface area (Å²) in [4.78, 5) is 4.81. The van der Waals surface area contributed by atoms with Crippen molar-refractivity contribution in [2.45, 2.75) is 81.4 Å². The first-order valence-electron chi connectivity index (χ1n) is 16.8. The fraction of sp³-hybridized carbons (Fsp3) is 0.333. The molecule has 0 unspecified atom stereocenters. The van der Waals surface area contributed by atoms with Gasteiger partial charge in [-0.15, -0.1) is 0 Å². The summed E-state index contributed by atoms with van der Waals surface area (Å²) < 4.78 is 15.0. The molecule has 290 valence electrons. The van der Waals surface area contributed by atoms with E-state index >= 15 is 0 Å². The van der Waals surface area contributed by atoms with Gasteiger partial charge in [0.1, 0.15) is 0 Å². The van der Waals surface area contributed by atoms with Crippen molar-refractivity contribution in [2.75, 3.05) is 22.9 Å². The van der Waals surface area contributed by atoms with Crippen molar-refractivity contribution >= 4 is 59.4 Å². The molecule has 0 aliphatic carbocycles. The molecule has 4 aromatic carbocycles. The number of halogens is 4. The summed E-state index contributed by atoms with van der Waals surface area (Å²) in [5, 5.41) is 0. The average molecular weight is 963 g/mol. The molecule has 1 aliphatic heterocycles. The minimum Gasteiger partial charge on any atom is -0.502 e. The van der Waals surface area contributed by atoms with Crippen molar-refractivity contribution in [3.05, 3.63) is 131 Å². The first kappa shape index (κ1) is 46.4. The Labute approximate surface area is 340 Å². The first-order chi connectivity index (χ1) is 24.0. The van der Waals surface area contributed by atoms with Gasteiger partial charge in [0.05, 0.1) is 0 Å². The maximum atomic E-state index is 5.82. The molecule has 1 saturated heterocycles. The van der Waals surface area contributed by atoms with Crippen LogP contribution in [0.3, 0.4) is 0 Å². The zero-order chi connectivity index (χ0) is 37.8. The van der Waals surface area contributed by atoms with Gasteiger partial charge in [-0.25, -0.2) is 0 Å². The van der Waals surface area contributed by atoms with Crippen LogP contribution in [0.5, 0.6) is 11.5 Å². The quantitative estimate of drug-likeness (QED) is 0.130. The molecular weight excluding hydrogens is 908 g/mol. The Balaban J connectivity index is 0.000000282. The number of anilines is 2. The van der Waals surface area contributed by atoms with E-state index in [2.05, 4.69) is 82.3 Å². The van der Waals surface area contributed by atoms with Crippen molar-refractivity contribution in [3.63, 3.8) is 0 Å². The second-order valence-electron chi connectivity index (χ2n) is 13.0. The molecular formula is C42H54Cl4N2O2Ru2-2. The van der Waals surface area contributed by atoms with Crippen LogP contribution in [0, 0.1) is 55.6 Å². The minimum absolute atomic E-state index is 0. The van der Waals surface area contributed by atoms with E-state index in [0.29, 0.717) is 0 Å². The monoisotopic (exact) mass is 962 g/mol. The third kappa shape index (κ3) is 14.8. The van der Waals surface area contributed by atoms with E-state index in [-0.39, 0.29) is 19.6 Å². The summed E-state index contributed by atoms with van der Waals surface area (Å²) >= 11 is -3.54. The van der Waals surface area contributed by atoms with Gasteiger partial charge in [0, 0.05) is 24.5 Å². The Kier molecular flexibility index (Phi) is 20.1. The zero-order valence-electron chi connectivity index (χ0n) is 32.2. The summed E-state index contributed by atoms with van der Waals surface area (Å²) in [6.07, 6.45) is 0.326. The summed E-state index contributed by atoms with van der Waals surface area (Å²) in [5.74, 6) is 1.70. The zero-order valence-corrected chi connectivity index (χ0v) is 38.7. The van der Waals surface area contributed by atoms with Crippen LogP contribution in [-0.2, 0) is 27.0 Å². The summed E-state index contributed by atoms with van der Waals surface area (Å²) in [5.41, 5.74) is 12.8. The van der Waals surface area contributed by atoms with E-state index in [4.69, 9.17) is 48.2 Å². The number of hydrogen-bond donors (Lipinski definition) is 0. The Hall–Kier alpha value is -1.77. The molecule has 10 heteroatoms. The summed E-state index contributed by atoms with van der Waals surface area (Å²) in [7, 11) is 23.3. The van der Waals surface area contributed by atoms with Crippen LogP contribution < -0.4 is 19.3 Å². The second kappa shape index (κ2) is 22.6. The number of ether oxygens (including phenoxy) is 2. The second-order valence-corrected chi connectivity index (χ2v) is 24.5. The molecule has 52 heavy (non-hydrogen) atoms. The Morgan fingerprint density at radius 2 is 0.885 bits per heavy atom. The summed E-state index contributed by atoms with van der Waals surface area (Å²) in [6, 6.07) is 24.7. The van der Waals surface area contributed by atoms with Gasteiger partial charge in [-0.05, 0) is 63.8 Å². The van der Waals surface area contributed by atoms with E-state index in [1.165, 1.54) is 44.8 Å². The predicted molar refractivity (Wildman–Crippen MR) is 225 cm³/mol. The Bertz CT molecular complexity index is 1640. The van der Waals surface area contributed by atoms with Crippen LogP contribution in [0.4, 0.5) is 11.4 Å². The van der Waals surface area contributed by atoms with E-state index in [1.807, 2.05) is 85.4 Å². The molecule has 0 atom stereocenters. The molecule has 1 heterocycles. The fourth-order valence-corrected chi connectivity index (χ4v) is 9.72. The Morgan fingerprint density at radius 3 is 1.17 bits per heavy atom. The fourth-order valence-electron chi connectivity index (χ4n) is 6.11. The van der Waals surface area contributed by atoms with Gasteiger partial charge in [0.25, 0.3) is 0 Å². The molecule has 1 aliphatic rings. The molecule has 0 N–H and O–H groups in total. The molecule has 0 spiro atoms. The predicted octanol–water partition coefficient (Wildman–Crippen LogP) is 12.5. The number of nitrogens with zero attached hydrogens (tertiary/aromatic N) is 2. The van der Waals surface area contributed by atoms with Crippen LogP contribution >= 0.6 is 38.8 Å². The maximum Gasteiger partial charge on any atom is 0.0146 e. The summed E-state index contributed by atoms with van der Waals surface area (Å²) in [6.45, 7) is 25.5.